The van der Waals surface area contributed by atoms with Gasteiger partial charge in [-0.2, -0.15) is 0 Å². The first-order valence-corrected chi connectivity index (χ1v) is 8.03. The Morgan fingerprint density at radius 2 is 2.05 bits per heavy atom. The van der Waals surface area contributed by atoms with E-state index in [9.17, 15) is 4.79 Å². The van der Waals surface area contributed by atoms with Crippen molar-refractivity contribution in [2.75, 3.05) is 26.2 Å². The van der Waals surface area contributed by atoms with E-state index in [4.69, 9.17) is 0 Å². The summed E-state index contributed by atoms with van der Waals surface area (Å²) in [6.45, 7) is 5.93. The SMILES string of the molecule is CCCN(CC(=O)NC1CCCCC1)C1CCNC1. The summed E-state index contributed by atoms with van der Waals surface area (Å²) in [4.78, 5) is 14.5. The van der Waals surface area contributed by atoms with Gasteiger partial charge in [0.15, 0.2) is 0 Å². The van der Waals surface area contributed by atoms with Gasteiger partial charge in [0, 0.05) is 18.6 Å². The normalized spacial score (nSPS) is 24.8. The highest BCUT2D eigenvalue weighted by molar-refractivity contribution is 5.78. The van der Waals surface area contributed by atoms with Gasteiger partial charge in [-0.05, 0) is 38.8 Å². The first-order valence-electron chi connectivity index (χ1n) is 8.03. The summed E-state index contributed by atoms with van der Waals surface area (Å²) < 4.78 is 0. The van der Waals surface area contributed by atoms with E-state index in [1.54, 1.807) is 0 Å². The Morgan fingerprint density at radius 3 is 2.68 bits per heavy atom. The topological polar surface area (TPSA) is 44.4 Å². The number of nitrogens with zero attached hydrogens (tertiary/aromatic N) is 1. The molecule has 0 aromatic heterocycles. The summed E-state index contributed by atoms with van der Waals surface area (Å²) in [6.07, 6.45) is 8.52. The Kier molecular flexibility index (Phi) is 6.11. The van der Waals surface area contributed by atoms with Crippen molar-refractivity contribution in [1.29, 1.82) is 0 Å². The lowest BCUT2D eigenvalue weighted by molar-refractivity contribution is -0.123. The van der Waals surface area contributed by atoms with E-state index in [1.807, 2.05) is 0 Å². The highest BCUT2D eigenvalue weighted by atomic mass is 16.2. The fourth-order valence-corrected chi connectivity index (χ4v) is 3.33. The van der Waals surface area contributed by atoms with Crippen LogP contribution < -0.4 is 10.6 Å². The Bertz CT molecular complexity index is 271. The first-order chi connectivity index (χ1) is 9.29. The lowest BCUT2D eigenvalue weighted by Gasteiger charge is -2.29. The number of amides is 1. The molecule has 0 aromatic carbocycles. The van der Waals surface area contributed by atoms with Crippen molar-refractivity contribution in [3.8, 4) is 0 Å². The summed E-state index contributed by atoms with van der Waals surface area (Å²) in [7, 11) is 0. The largest absolute Gasteiger partial charge is 0.352 e. The third kappa shape index (κ3) is 4.77. The van der Waals surface area contributed by atoms with Crippen molar-refractivity contribution in [2.24, 2.45) is 0 Å². The standard InChI is InChI=1S/C15H29N3O/c1-2-10-18(14-8-9-16-11-14)12-15(19)17-13-6-4-3-5-7-13/h13-14,16H,2-12H2,1H3,(H,17,19). The summed E-state index contributed by atoms with van der Waals surface area (Å²) in [6, 6.07) is 0.989. The van der Waals surface area contributed by atoms with Gasteiger partial charge in [0.05, 0.1) is 6.54 Å². The van der Waals surface area contributed by atoms with Crippen LogP contribution in [0.15, 0.2) is 0 Å². The lowest BCUT2D eigenvalue weighted by atomic mass is 9.95. The zero-order valence-electron chi connectivity index (χ0n) is 12.3. The molecule has 19 heavy (non-hydrogen) atoms. The Hall–Kier alpha value is -0.610. The molecular weight excluding hydrogens is 238 g/mol. The van der Waals surface area contributed by atoms with Gasteiger partial charge in [0.25, 0.3) is 0 Å². The molecule has 2 fully saturated rings. The van der Waals surface area contributed by atoms with Crippen molar-refractivity contribution in [3.05, 3.63) is 0 Å². The summed E-state index contributed by atoms with van der Waals surface area (Å²) in [5, 5.41) is 6.62. The third-order valence-electron chi connectivity index (χ3n) is 4.38. The van der Waals surface area contributed by atoms with Gasteiger partial charge in [-0.3, -0.25) is 9.69 Å². The Morgan fingerprint density at radius 1 is 1.26 bits per heavy atom. The van der Waals surface area contributed by atoms with Crippen molar-refractivity contribution < 1.29 is 4.79 Å². The molecule has 4 heteroatoms. The van der Waals surface area contributed by atoms with Crippen LogP contribution in [-0.2, 0) is 4.79 Å². The van der Waals surface area contributed by atoms with Crippen LogP contribution >= 0.6 is 0 Å². The average molecular weight is 267 g/mol. The van der Waals surface area contributed by atoms with Crippen molar-refractivity contribution in [1.82, 2.24) is 15.5 Å². The molecule has 0 aromatic rings. The number of carbonyl (C=O) groups is 1. The van der Waals surface area contributed by atoms with Crippen LogP contribution in [0.5, 0.6) is 0 Å². The maximum Gasteiger partial charge on any atom is 0.234 e. The van der Waals surface area contributed by atoms with Crippen LogP contribution in [0.3, 0.4) is 0 Å². The quantitative estimate of drug-likeness (QED) is 0.767. The van der Waals surface area contributed by atoms with Crippen molar-refractivity contribution in [3.63, 3.8) is 0 Å². The Labute approximate surface area is 117 Å². The molecule has 1 saturated heterocycles. The van der Waals surface area contributed by atoms with E-state index >= 15 is 0 Å². The van der Waals surface area contributed by atoms with E-state index < -0.39 is 0 Å². The van der Waals surface area contributed by atoms with Gasteiger partial charge >= 0.3 is 0 Å². The van der Waals surface area contributed by atoms with Gasteiger partial charge in [-0.15, -0.1) is 0 Å². The molecule has 0 spiro atoms. The fraction of sp³-hybridized carbons (Fsp3) is 0.933. The molecule has 4 nitrogen and oxygen atoms in total. The van der Waals surface area contributed by atoms with Gasteiger partial charge in [-0.1, -0.05) is 26.2 Å². The molecule has 1 aliphatic carbocycles. The van der Waals surface area contributed by atoms with Gasteiger partial charge < -0.3 is 10.6 Å². The third-order valence-corrected chi connectivity index (χ3v) is 4.38. The van der Waals surface area contributed by atoms with Gasteiger partial charge in [0.1, 0.15) is 0 Å². The molecule has 2 N–H and O–H groups in total. The number of nitrogens with one attached hydrogen (secondary N) is 2. The van der Waals surface area contributed by atoms with Crippen LogP contribution in [0.2, 0.25) is 0 Å². The van der Waals surface area contributed by atoms with Crippen LogP contribution in [0.4, 0.5) is 0 Å². The molecule has 110 valence electrons. The monoisotopic (exact) mass is 267 g/mol. The first kappa shape index (κ1) is 14.8. The van der Waals surface area contributed by atoms with Crippen LogP contribution in [0.25, 0.3) is 0 Å². The molecule has 0 bridgehead atoms. The molecule has 1 atom stereocenters. The molecule has 2 aliphatic rings. The van der Waals surface area contributed by atoms with E-state index in [0.717, 1.165) is 26.1 Å². The van der Waals surface area contributed by atoms with Gasteiger partial charge in [-0.25, -0.2) is 0 Å². The molecule has 1 unspecified atom stereocenters. The second-order valence-corrected chi connectivity index (χ2v) is 6.02. The highest BCUT2D eigenvalue weighted by Crippen LogP contribution is 2.17. The summed E-state index contributed by atoms with van der Waals surface area (Å²) >= 11 is 0. The molecule has 2 rings (SSSR count). The van der Waals surface area contributed by atoms with Crippen LogP contribution in [0.1, 0.15) is 51.9 Å². The van der Waals surface area contributed by atoms with Crippen molar-refractivity contribution in [2.45, 2.75) is 64.0 Å². The molecule has 1 amide bonds. The lowest BCUT2D eigenvalue weighted by Crippen LogP contribution is -2.47. The summed E-state index contributed by atoms with van der Waals surface area (Å²) in [5.74, 6) is 0.229. The summed E-state index contributed by atoms with van der Waals surface area (Å²) in [5.41, 5.74) is 0. The number of hydrogen-bond donors (Lipinski definition) is 2. The van der Waals surface area contributed by atoms with Crippen LogP contribution in [-0.4, -0.2) is 49.1 Å². The number of rotatable bonds is 6. The molecular formula is C15H29N3O. The smallest absolute Gasteiger partial charge is 0.234 e. The van der Waals surface area contributed by atoms with Crippen LogP contribution in [0, 0.1) is 0 Å². The minimum atomic E-state index is 0.229. The average Bonchev–Trinajstić information content (AvgIpc) is 2.93. The highest BCUT2D eigenvalue weighted by Gasteiger charge is 2.24. The minimum Gasteiger partial charge on any atom is -0.352 e. The maximum atomic E-state index is 12.2. The van der Waals surface area contributed by atoms with Gasteiger partial charge in [0.2, 0.25) is 5.91 Å². The number of carbonyl (C=O) groups excluding carboxylic acids is 1. The Balaban J connectivity index is 1.76. The molecule has 0 radical (unpaired) electrons. The zero-order valence-corrected chi connectivity index (χ0v) is 12.3. The predicted octanol–water partition coefficient (Wildman–Crippen LogP) is 1.51. The second-order valence-electron chi connectivity index (χ2n) is 6.02. The second kappa shape index (κ2) is 7.85. The number of hydrogen-bond acceptors (Lipinski definition) is 3. The van der Waals surface area contributed by atoms with E-state index in [2.05, 4.69) is 22.5 Å². The minimum absolute atomic E-state index is 0.229. The molecule has 1 heterocycles. The predicted molar refractivity (Wildman–Crippen MR) is 78.2 cm³/mol. The van der Waals surface area contributed by atoms with E-state index in [0.29, 0.717) is 18.6 Å². The van der Waals surface area contributed by atoms with E-state index in [1.165, 1.54) is 38.5 Å². The van der Waals surface area contributed by atoms with E-state index in [-0.39, 0.29) is 5.91 Å². The fourth-order valence-electron chi connectivity index (χ4n) is 3.33. The molecule has 1 saturated carbocycles. The zero-order chi connectivity index (χ0) is 13.5. The van der Waals surface area contributed by atoms with Crippen molar-refractivity contribution >= 4 is 5.91 Å². The molecule has 1 aliphatic heterocycles. The maximum absolute atomic E-state index is 12.2.